The van der Waals surface area contributed by atoms with E-state index < -0.39 is 25.9 Å². The molecular formula is C12H22N2O5S2. The van der Waals surface area contributed by atoms with Crippen molar-refractivity contribution < 1.29 is 21.3 Å². The van der Waals surface area contributed by atoms with E-state index >= 15 is 0 Å². The molecule has 1 rings (SSSR count). The maximum Gasteiger partial charge on any atom is 0.274 e. The maximum absolute atomic E-state index is 12.1. The smallest absolute Gasteiger partial charge is 0.274 e. The molecule has 0 aliphatic carbocycles. The van der Waals surface area contributed by atoms with Gasteiger partial charge in [-0.25, -0.2) is 21.6 Å². The van der Waals surface area contributed by atoms with Crippen LogP contribution >= 0.6 is 0 Å². The third-order valence-corrected chi connectivity index (χ3v) is 5.10. The molecular weight excluding hydrogens is 316 g/mol. The summed E-state index contributed by atoms with van der Waals surface area (Å²) in [7, 11) is -7.11. The van der Waals surface area contributed by atoms with E-state index in [4.69, 9.17) is 4.42 Å². The summed E-state index contributed by atoms with van der Waals surface area (Å²) in [5.74, 6) is 0.247. The van der Waals surface area contributed by atoms with Crippen molar-refractivity contribution in [2.75, 3.05) is 18.6 Å². The van der Waals surface area contributed by atoms with E-state index in [-0.39, 0.29) is 10.8 Å². The molecule has 2 N–H and O–H groups in total. The van der Waals surface area contributed by atoms with Crippen LogP contribution in [0.4, 0.5) is 0 Å². The first kappa shape index (κ1) is 18.1. The Morgan fingerprint density at radius 1 is 1.24 bits per heavy atom. The van der Waals surface area contributed by atoms with Crippen LogP contribution in [0.25, 0.3) is 0 Å². The number of furan rings is 1. The number of hydrogen-bond donors (Lipinski definition) is 2. The standard InChI is InChI=1S/C12H22N2O5S2/c1-4-7-13-8-11-5-6-12(19-11)21(17,18)14-10(2)9-20(3,15)16/h5-6,10,13-14H,4,7-9H2,1-3H3. The third-order valence-electron chi connectivity index (χ3n) is 2.54. The maximum atomic E-state index is 12.1. The van der Waals surface area contributed by atoms with Crippen molar-refractivity contribution in [2.45, 2.75) is 37.9 Å². The number of sulfonamides is 1. The van der Waals surface area contributed by atoms with Gasteiger partial charge >= 0.3 is 0 Å². The van der Waals surface area contributed by atoms with Crippen LogP contribution in [0.3, 0.4) is 0 Å². The molecule has 1 aromatic heterocycles. The SMILES string of the molecule is CCCNCc1ccc(S(=O)(=O)NC(C)CS(C)(=O)=O)o1. The molecule has 0 aromatic carbocycles. The van der Waals surface area contributed by atoms with E-state index in [2.05, 4.69) is 10.0 Å². The Labute approximate surface area is 126 Å². The van der Waals surface area contributed by atoms with E-state index in [1.54, 1.807) is 6.07 Å². The van der Waals surface area contributed by atoms with Gasteiger partial charge in [0.1, 0.15) is 15.6 Å². The van der Waals surface area contributed by atoms with Crippen molar-refractivity contribution in [1.82, 2.24) is 10.0 Å². The molecule has 122 valence electrons. The van der Waals surface area contributed by atoms with E-state index in [0.29, 0.717) is 12.3 Å². The van der Waals surface area contributed by atoms with Crippen molar-refractivity contribution in [3.8, 4) is 0 Å². The lowest BCUT2D eigenvalue weighted by atomic mass is 10.4. The topological polar surface area (TPSA) is 105 Å². The monoisotopic (exact) mass is 338 g/mol. The van der Waals surface area contributed by atoms with Crippen LogP contribution in [0.2, 0.25) is 0 Å². The van der Waals surface area contributed by atoms with Crippen LogP contribution in [0.5, 0.6) is 0 Å². The summed E-state index contributed by atoms with van der Waals surface area (Å²) >= 11 is 0. The second-order valence-electron chi connectivity index (χ2n) is 5.01. The van der Waals surface area contributed by atoms with E-state index in [0.717, 1.165) is 19.2 Å². The van der Waals surface area contributed by atoms with Gasteiger partial charge in [0.05, 0.1) is 12.3 Å². The average molecular weight is 338 g/mol. The summed E-state index contributed by atoms with van der Waals surface area (Å²) < 4.78 is 54.0. The zero-order chi connectivity index (χ0) is 16.1. The second-order valence-corrected chi connectivity index (χ2v) is 8.84. The molecule has 0 aliphatic heterocycles. The van der Waals surface area contributed by atoms with Crippen molar-refractivity contribution in [3.05, 3.63) is 17.9 Å². The highest BCUT2D eigenvalue weighted by atomic mass is 32.2. The van der Waals surface area contributed by atoms with Gasteiger partial charge in [0.2, 0.25) is 5.09 Å². The van der Waals surface area contributed by atoms with Gasteiger partial charge in [-0.05, 0) is 32.0 Å². The largest absolute Gasteiger partial charge is 0.447 e. The predicted octanol–water partition coefficient (Wildman–Crippen LogP) is 0.491. The Hall–Kier alpha value is -0.900. The summed E-state index contributed by atoms with van der Waals surface area (Å²) in [4.78, 5) is 0. The molecule has 0 spiro atoms. The molecule has 0 saturated heterocycles. The minimum Gasteiger partial charge on any atom is -0.447 e. The molecule has 9 heteroatoms. The highest BCUT2D eigenvalue weighted by Crippen LogP contribution is 2.14. The number of nitrogens with one attached hydrogen (secondary N) is 2. The predicted molar refractivity (Wildman–Crippen MR) is 80.2 cm³/mol. The highest BCUT2D eigenvalue weighted by Gasteiger charge is 2.23. The van der Waals surface area contributed by atoms with Gasteiger partial charge < -0.3 is 9.73 Å². The van der Waals surface area contributed by atoms with Crippen LogP contribution < -0.4 is 10.0 Å². The summed E-state index contributed by atoms with van der Waals surface area (Å²) in [5, 5.41) is 2.89. The van der Waals surface area contributed by atoms with Gasteiger partial charge in [-0.1, -0.05) is 6.92 Å². The van der Waals surface area contributed by atoms with E-state index in [1.165, 1.54) is 13.0 Å². The Balaban J connectivity index is 2.70. The molecule has 1 unspecified atom stereocenters. The van der Waals surface area contributed by atoms with Gasteiger partial charge in [-0.2, -0.15) is 0 Å². The number of hydrogen-bond acceptors (Lipinski definition) is 6. The molecule has 0 saturated carbocycles. The van der Waals surface area contributed by atoms with Gasteiger partial charge in [-0.3, -0.25) is 0 Å². The molecule has 0 radical (unpaired) electrons. The Kier molecular flexibility index (Phi) is 6.39. The molecule has 0 amide bonds. The van der Waals surface area contributed by atoms with Gasteiger partial charge in [-0.15, -0.1) is 0 Å². The molecule has 21 heavy (non-hydrogen) atoms. The molecule has 0 bridgehead atoms. The average Bonchev–Trinajstić information content (AvgIpc) is 2.75. The number of sulfone groups is 1. The Morgan fingerprint density at radius 3 is 2.48 bits per heavy atom. The van der Waals surface area contributed by atoms with Crippen molar-refractivity contribution in [3.63, 3.8) is 0 Å². The molecule has 0 fully saturated rings. The van der Waals surface area contributed by atoms with Crippen LogP contribution in [-0.4, -0.2) is 41.4 Å². The fourth-order valence-corrected chi connectivity index (χ4v) is 4.09. The van der Waals surface area contributed by atoms with Crippen LogP contribution in [0.15, 0.2) is 21.6 Å². The van der Waals surface area contributed by atoms with Crippen molar-refractivity contribution >= 4 is 19.9 Å². The van der Waals surface area contributed by atoms with Gasteiger partial charge in [0.25, 0.3) is 10.0 Å². The normalized spacial score (nSPS) is 14.2. The minimum atomic E-state index is -3.85. The summed E-state index contributed by atoms with van der Waals surface area (Å²) in [6.07, 6.45) is 2.03. The van der Waals surface area contributed by atoms with Crippen molar-refractivity contribution in [2.24, 2.45) is 0 Å². The van der Waals surface area contributed by atoms with Gasteiger partial charge in [0, 0.05) is 12.3 Å². The van der Waals surface area contributed by atoms with Crippen LogP contribution in [0.1, 0.15) is 26.0 Å². The first-order chi connectivity index (χ1) is 9.64. The molecule has 1 atom stereocenters. The zero-order valence-corrected chi connectivity index (χ0v) is 14.1. The minimum absolute atomic E-state index is 0.212. The lowest BCUT2D eigenvalue weighted by Crippen LogP contribution is -2.37. The summed E-state index contributed by atoms with van der Waals surface area (Å²) in [6, 6.07) is 2.22. The molecule has 1 aromatic rings. The third kappa shape index (κ3) is 6.60. The van der Waals surface area contributed by atoms with Gasteiger partial charge in [0.15, 0.2) is 0 Å². The van der Waals surface area contributed by atoms with Crippen LogP contribution in [0, 0.1) is 0 Å². The highest BCUT2D eigenvalue weighted by molar-refractivity contribution is 7.91. The fraction of sp³-hybridized carbons (Fsp3) is 0.667. The second kappa shape index (κ2) is 7.39. The van der Waals surface area contributed by atoms with Crippen LogP contribution in [-0.2, 0) is 26.4 Å². The quantitative estimate of drug-likeness (QED) is 0.635. The van der Waals surface area contributed by atoms with E-state index in [9.17, 15) is 16.8 Å². The Morgan fingerprint density at radius 2 is 1.90 bits per heavy atom. The lowest BCUT2D eigenvalue weighted by molar-refractivity contribution is 0.399. The molecule has 1 heterocycles. The van der Waals surface area contributed by atoms with Crippen molar-refractivity contribution in [1.29, 1.82) is 0 Å². The first-order valence-corrected chi connectivity index (χ1v) is 10.2. The summed E-state index contributed by atoms with van der Waals surface area (Å²) in [6.45, 7) is 4.78. The van der Waals surface area contributed by atoms with E-state index in [1.807, 2.05) is 6.92 Å². The fourth-order valence-electron chi connectivity index (χ4n) is 1.80. The Bertz CT molecular complexity index is 649. The first-order valence-electron chi connectivity index (χ1n) is 6.63. The molecule has 7 nitrogen and oxygen atoms in total. The molecule has 0 aliphatic rings. The zero-order valence-electron chi connectivity index (χ0n) is 12.4. The number of rotatable bonds is 9. The summed E-state index contributed by atoms with van der Waals surface area (Å²) in [5.41, 5.74) is 0. The lowest BCUT2D eigenvalue weighted by Gasteiger charge is -2.11.